The summed E-state index contributed by atoms with van der Waals surface area (Å²) in [6, 6.07) is 12.9. The third kappa shape index (κ3) is 4.48. The van der Waals surface area contributed by atoms with Crippen LogP contribution in [0.1, 0.15) is 17.0 Å². The van der Waals surface area contributed by atoms with Gasteiger partial charge in [0.25, 0.3) is 0 Å². The monoisotopic (exact) mass is 392 g/mol. The molecule has 0 atom stereocenters. The molecule has 128 valence electrons. The molecule has 8 heteroatoms. The number of aryl methyl sites for hydroxylation is 1. The van der Waals surface area contributed by atoms with E-state index in [1.54, 1.807) is 23.0 Å². The third-order valence-corrected chi connectivity index (χ3v) is 4.25. The van der Waals surface area contributed by atoms with E-state index < -0.39 is 0 Å². The zero-order valence-electron chi connectivity index (χ0n) is 13.2. The van der Waals surface area contributed by atoms with Gasteiger partial charge < -0.3 is 4.74 Å². The first-order valence-corrected chi connectivity index (χ1v) is 8.54. The number of halogens is 2. The second-order valence-corrected chi connectivity index (χ2v) is 6.46. The largest absolute Gasteiger partial charge is 0.489 e. The normalized spacial score (nSPS) is 11.2. The highest BCUT2D eigenvalue weighted by Gasteiger charge is 2.03. The number of aromatic amines is 1. The second kappa shape index (κ2) is 7.82. The Labute approximate surface area is 159 Å². The van der Waals surface area contributed by atoms with Gasteiger partial charge in [-0.05, 0) is 49.0 Å². The Morgan fingerprint density at radius 3 is 2.84 bits per heavy atom. The van der Waals surface area contributed by atoms with Crippen molar-refractivity contribution in [2.24, 2.45) is 5.10 Å². The number of hydrogen-bond acceptors (Lipinski definition) is 4. The van der Waals surface area contributed by atoms with Crippen molar-refractivity contribution in [1.29, 1.82) is 0 Å². The summed E-state index contributed by atoms with van der Waals surface area (Å²) in [6.45, 7) is 2.17. The van der Waals surface area contributed by atoms with Crippen LogP contribution in [0.3, 0.4) is 0 Å². The number of nitrogens with one attached hydrogen (secondary N) is 1. The highest BCUT2D eigenvalue weighted by molar-refractivity contribution is 7.71. The summed E-state index contributed by atoms with van der Waals surface area (Å²) in [7, 11) is 0. The average molecular weight is 393 g/mol. The number of ether oxygens (including phenoxy) is 1. The quantitative estimate of drug-likeness (QED) is 0.489. The summed E-state index contributed by atoms with van der Waals surface area (Å²) >= 11 is 17.2. The minimum atomic E-state index is 0.350. The first kappa shape index (κ1) is 17.7. The maximum atomic E-state index is 6.16. The minimum absolute atomic E-state index is 0.350. The molecular formula is C17H14Cl2N4OS. The van der Waals surface area contributed by atoms with Crippen LogP contribution in [0.5, 0.6) is 5.75 Å². The Morgan fingerprint density at radius 2 is 2.12 bits per heavy atom. The van der Waals surface area contributed by atoms with E-state index in [9.17, 15) is 0 Å². The lowest BCUT2D eigenvalue weighted by Gasteiger charge is -2.08. The van der Waals surface area contributed by atoms with E-state index in [1.165, 1.54) is 0 Å². The molecule has 0 aliphatic carbocycles. The Hall–Kier alpha value is -2.15. The second-order valence-electron chi connectivity index (χ2n) is 5.23. The summed E-state index contributed by atoms with van der Waals surface area (Å²) in [6.07, 6.45) is 1.69. The molecule has 0 fully saturated rings. The summed E-state index contributed by atoms with van der Waals surface area (Å²) in [4.78, 5) is 0. The van der Waals surface area contributed by atoms with Gasteiger partial charge in [0.05, 0.1) is 6.21 Å². The van der Waals surface area contributed by atoms with Gasteiger partial charge in [-0.2, -0.15) is 14.9 Å². The fraction of sp³-hybridized carbons (Fsp3) is 0.118. The van der Waals surface area contributed by atoms with Crippen LogP contribution in [0, 0.1) is 11.7 Å². The Bertz CT molecular complexity index is 981. The van der Waals surface area contributed by atoms with Crippen LogP contribution >= 0.6 is 35.4 Å². The van der Waals surface area contributed by atoms with E-state index in [4.69, 9.17) is 40.2 Å². The fourth-order valence-corrected chi connectivity index (χ4v) is 2.80. The standard InChI is InChI=1S/C17H14Cl2N4OS/c1-11-21-22-17(25)23(11)20-9-12-3-2-4-15(7-12)24-10-13-5-6-14(18)8-16(13)19/h2-9H,10H2,1H3,(H,22,25)/b20-9+. The van der Waals surface area contributed by atoms with Crippen LogP contribution in [0.4, 0.5) is 0 Å². The lowest BCUT2D eigenvalue weighted by Crippen LogP contribution is -1.97. The summed E-state index contributed by atoms with van der Waals surface area (Å²) in [5.74, 6) is 1.40. The van der Waals surface area contributed by atoms with Gasteiger partial charge >= 0.3 is 0 Å². The van der Waals surface area contributed by atoms with Crippen molar-refractivity contribution >= 4 is 41.6 Å². The van der Waals surface area contributed by atoms with Crippen LogP contribution in [0.25, 0.3) is 0 Å². The number of hydrogen-bond donors (Lipinski definition) is 1. The summed E-state index contributed by atoms with van der Waals surface area (Å²) < 4.78 is 7.80. The molecule has 0 saturated heterocycles. The molecule has 25 heavy (non-hydrogen) atoms. The van der Waals surface area contributed by atoms with Gasteiger partial charge in [-0.1, -0.05) is 41.4 Å². The number of nitrogens with zero attached hydrogens (tertiary/aromatic N) is 3. The zero-order valence-corrected chi connectivity index (χ0v) is 15.6. The lowest BCUT2D eigenvalue weighted by atomic mass is 10.2. The Kier molecular flexibility index (Phi) is 5.53. The molecule has 0 aliphatic heterocycles. The molecule has 0 saturated carbocycles. The van der Waals surface area contributed by atoms with Crippen LogP contribution in [-0.2, 0) is 6.61 Å². The van der Waals surface area contributed by atoms with E-state index in [0.29, 0.717) is 33.0 Å². The molecule has 2 aromatic carbocycles. The van der Waals surface area contributed by atoms with Crippen LogP contribution in [0.15, 0.2) is 47.6 Å². The van der Waals surface area contributed by atoms with E-state index >= 15 is 0 Å². The van der Waals surface area contributed by atoms with Crippen molar-refractivity contribution in [3.8, 4) is 5.75 Å². The van der Waals surface area contributed by atoms with Gasteiger partial charge in [0.15, 0.2) is 0 Å². The van der Waals surface area contributed by atoms with Crippen molar-refractivity contribution in [2.45, 2.75) is 13.5 Å². The average Bonchev–Trinajstić information content (AvgIpc) is 2.91. The van der Waals surface area contributed by atoms with Gasteiger partial charge in [0.1, 0.15) is 18.2 Å². The van der Waals surface area contributed by atoms with Crippen LogP contribution in [-0.4, -0.2) is 21.1 Å². The molecular weight excluding hydrogens is 379 g/mol. The highest BCUT2D eigenvalue weighted by atomic mass is 35.5. The number of H-pyrrole nitrogens is 1. The molecule has 0 spiro atoms. The molecule has 1 heterocycles. The van der Waals surface area contributed by atoms with E-state index in [1.807, 2.05) is 37.3 Å². The van der Waals surface area contributed by atoms with Gasteiger partial charge in [0.2, 0.25) is 4.77 Å². The number of benzene rings is 2. The van der Waals surface area contributed by atoms with Crippen molar-refractivity contribution in [3.63, 3.8) is 0 Å². The highest BCUT2D eigenvalue weighted by Crippen LogP contribution is 2.23. The molecule has 0 radical (unpaired) electrons. The first-order chi connectivity index (χ1) is 12.0. The fourth-order valence-electron chi connectivity index (χ4n) is 2.12. The third-order valence-electron chi connectivity index (χ3n) is 3.40. The smallest absolute Gasteiger partial charge is 0.216 e. The maximum absolute atomic E-state index is 6.16. The number of aromatic nitrogens is 3. The van der Waals surface area contributed by atoms with E-state index in [2.05, 4.69) is 15.3 Å². The first-order valence-electron chi connectivity index (χ1n) is 7.38. The van der Waals surface area contributed by atoms with Gasteiger partial charge in [-0.3, -0.25) is 5.10 Å². The predicted molar refractivity (Wildman–Crippen MR) is 102 cm³/mol. The summed E-state index contributed by atoms with van der Waals surface area (Å²) in [5, 5.41) is 12.2. The van der Waals surface area contributed by atoms with Crippen molar-refractivity contribution < 1.29 is 4.74 Å². The summed E-state index contributed by atoms with van der Waals surface area (Å²) in [5.41, 5.74) is 1.74. The number of rotatable bonds is 5. The van der Waals surface area contributed by atoms with E-state index in [0.717, 1.165) is 11.1 Å². The van der Waals surface area contributed by atoms with E-state index in [-0.39, 0.29) is 0 Å². The van der Waals surface area contributed by atoms with Crippen LogP contribution in [0.2, 0.25) is 10.0 Å². The molecule has 1 aromatic heterocycles. The molecule has 0 amide bonds. The SMILES string of the molecule is Cc1n[nH]c(=S)n1/N=C/c1cccc(OCc2ccc(Cl)cc2Cl)c1. The van der Waals surface area contributed by atoms with Gasteiger partial charge in [-0.25, -0.2) is 0 Å². The van der Waals surface area contributed by atoms with Crippen LogP contribution < -0.4 is 4.74 Å². The zero-order chi connectivity index (χ0) is 17.8. The Morgan fingerprint density at radius 1 is 1.28 bits per heavy atom. The molecule has 5 nitrogen and oxygen atoms in total. The lowest BCUT2D eigenvalue weighted by molar-refractivity contribution is 0.306. The van der Waals surface area contributed by atoms with Crippen molar-refractivity contribution in [1.82, 2.24) is 14.9 Å². The van der Waals surface area contributed by atoms with Crippen molar-refractivity contribution in [2.75, 3.05) is 0 Å². The molecule has 1 N–H and O–H groups in total. The topological polar surface area (TPSA) is 55.2 Å². The molecule has 0 aliphatic rings. The maximum Gasteiger partial charge on any atom is 0.216 e. The minimum Gasteiger partial charge on any atom is -0.489 e. The predicted octanol–water partition coefficient (Wildman–Crippen LogP) is 5.02. The van der Waals surface area contributed by atoms with Crippen molar-refractivity contribution in [3.05, 3.63) is 74.2 Å². The Balaban J connectivity index is 1.72. The molecule has 3 rings (SSSR count). The molecule has 3 aromatic rings. The molecule has 0 unspecified atom stereocenters. The van der Waals surface area contributed by atoms with Gasteiger partial charge in [-0.15, -0.1) is 0 Å². The van der Waals surface area contributed by atoms with Gasteiger partial charge in [0, 0.05) is 15.6 Å². The molecule has 0 bridgehead atoms.